The molecule has 13 heteroatoms. The molecule has 0 aliphatic carbocycles. The first kappa shape index (κ1) is 28.5. The van der Waals surface area contributed by atoms with Gasteiger partial charge >= 0.3 is 5.97 Å². The van der Waals surface area contributed by atoms with Gasteiger partial charge in [-0.15, -0.1) is 5.10 Å². The lowest BCUT2D eigenvalue weighted by Crippen LogP contribution is -2.44. The first-order valence-corrected chi connectivity index (χ1v) is 14.4. The number of benzene rings is 2. The number of nitrogens with one attached hydrogen (secondary N) is 1. The van der Waals surface area contributed by atoms with E-state index in [2.05, 4.69) is 15.6 Å². The molecule has 0 saturated carbocycles. The number of nitrogens with zero attached hydrogens (tertiary/aromatic N) is 5. The van der Waals surface area contributed by atoms with Gasteiger partial charge in [0.2, 0.25) is 5.91 Å². The minimum absolute atomic E-state index is 0.0170. The lowest BCUT2D eigenvalue weighted by molar-refractivity contribution is -0.172. The maximum atomic E-state index is 14.8. The van der Waals surface area contributed by atoms with E-state index in [4.69, 9.17) is 15.5 Å². The molecule has 2 aromatic carbocycles. The highest BCUT2D eigenvalue weighted by Gasteiger charge is 2.45. The van der Waals surface area contributed by atoms with Gasteiger partial charge in [0.05, 0.1) is 54.0 Å². The van der Waals surface area contributed by atoms with E-state index in [1.54, 1.807) is 53.6 Å². The van der Waals surface area contributed by atoms with Gasteiger partial charge in [-0.2, -0.15) is 0 Å². The number of aryl methyl sites for hydroxylation is 1. The zero-order valence-electron chi connectivity index (χ0n) is 24.4. The van der Waals surface area contributed by atoms with E-state index in [-0.39, 0.29) is 49.7 Å². The third-order valence-corrected chi connectivity index (χ3v) is 8.61. The molecule has 0 unspecified atom stereocenters. The van der Waals surface area contributed by atoms with Gasteiger partial charge in [-0.3, -0.25) is 9.59 Å². The number of carbonyl (C=O) groups is 2. The van der Waals surface area contributed by atoms with Gasteiger partial charge in [-0.05, 0) is 42.7 Å². The highest BCUT2D eigenvalue weighted by atomic mass is 19.1. The van der Waals surface area contributed by atoms with E-state index in [9.17, 15) is 23.9 Å². The summed E-state index contributed by atoms with van der Waals surface area (Å²) in [6.45, 7) is 3.27. The topological polar surface area (TPSA) is 167 Å². The first-order chi connectivity index (χ1) is 21.6. The monoisotopic (exact) mass is 609 g/mol. The molecule has 2 aliphatic heterocycles. The molecule has 5 heterocycles. The number of rotatable bonds is 6. The van der Waals surface area contributed by atoms with E-state index in [0.717, 1.165) is 11.1 Å². The Bertz CT molecular complexity index is 2140. The fraction of sp³-hybridized carbons (Fsp3) is 0.250. The molecule has 0 radical (unpaired) electrons. The lowest BCUT2D eigenvalue weighted by atomic mass is 9.86. The Morgan fingerprint density at radius 1 is 1.20 bits per heavy atom. The Kier molecular flexibility index (Phi) is 6.60. The van der Waals surface area contributed by atoms with Crippen LogP contribution in [-0.2, 0) is 39.6 Å². The number of esters is 1. The summed E-state index contributed by atoms with van der Waals surface area (Å²) in [5.74, 6) is -1.58. The van der Waals surface area contributed by atoms with Crippen molar-refractivity contribution in [3.05, 3.63) is 92.6 Å². The Morgan fingerprint density at radius 2 is 2.00 bits per heavy atom. The normalized spacial score (nSPS) is 16.7. The molecule has 228 valence electrons. The van der Waals surface area contributed by atoms with Crippen molar-refractivity contribution in [2.24, 2.45) is 5.73 Å². The molecule has 5 aromatic rings. The molecular weight excluding hydrogens is 581 g/mol. The Labute approximate surface area is 255 Å². The number of nitrogens with two attached hydrogens (primary N) is 1. The molecule has 3 aromatic heterocycles. The number of hydrogen-bond acceptors (Lipinski definition) is 9. The minimum Gasteiger partial charge on any atom is -0.458 e. The van der Waals surface area contributed by atoms with Crippen LogP contribution in [0.5, 0.6) is 0 Å². The molecular formula is C32H28FN7O5. The number of halogens is 1. The van der Waals surface area contributed by atoms with Crippen LogP contribution in [0.15, 0.2) is 53.5 Å². The molecule has 2 aliphatic rings. The van der Waals surface area contributed by atoms with Crippen molar-refractivity contribution in [2.45, 2.75) is 45.6 Å². The van der Waals surface area contributed by atoms with Crippen LogP contribution in [0, 0.1) is 12.7 Å². The number of pyridine rings is 2. The van der Waals surface area contributed by atoms with Crippen molar-refractivity contribution >= 4 is 28.5 Å². The highest BCUT2D eigenvalue weighted by Crippen LogP contribution is 2.41. The van der Waals surface area contributed by atoms with Gasteiger partial charge in [0.1, 0.15) is 18.1 Å². The standard InChI is InChI=1S/C32H28FN7O5/c1-3-32(44)22-9-27-29-20(13-40(27)30(42)21(22)15-45-31(32)43)19(18-8-16(2)23(33)10-25(18)36-29)12-39-14-26(37-38-39)17-6-4-5-7-24(17)35-28(41)11-34/h4-10,14,44H,3,11-13,15,34H2,1-2H3,(H,35,41)/t32-/m0/s1. The summed E-state index contributed by atoms with van der Waals surface area (Å²) in [4.78, 5) is 43.1. The molecule has 1 atom stereocenters. The first-order valence-electron chi connectivity index (χ1n) is 14.4. The molecule has 0 bridgehead atoms. The summed E-state index contributed by atoms with van der Waals surface area (Å²) in [5, 5.41) is 23.4. The maximum absolute atomic E-state index is 14.8. The van der Waals surface area contributed by atoms with E-state index in [1.807, 2.05) is 12.1 Å². The van der Waals surface area contributed by atoms with E-state index in [1.165, 1.54) is 6.07 Å². The number of aliphatic hydroxyl groups is 1. The average Bonchev–Trinajstić information content (AvgIpc) is 3.65. The number of para-hydroxylation sites is 1. The number of ether oxygens (including phenoxy) is 1. The van der Waals surface area contributed by atoms with Crippen molar-refractivity contribution in [1.82, 2.24) is 24.5 Å². The fourth-order valence-electron chi connectivity index (χ4n) is 6.15. The van der Waals surface area contributed by atoms with Crippen molar-refractivity contribution in [1.29, 1.82) is 0 Å². The second-order valence-electron chi connectivity index (χ2n) is 11.2. The second kappa shape index (κ2) is 10.4. The summed E-state index contributed by atoms with van der Waals surface area (Å²) in [6, 6.07) is 11.9. The van der Waals surface area contributed by atoms with Crippen LogP contribution < -0.4 is 16.6 Å². The predicted octanol–water partition coefficient (Wildman–Crippen LogP) is 2.73. The fourth-order valence-corrected chi connectivity index (χ4v) is 6.15. The van der Waals surface area contributed by atoms with Crippen LogP contribution in [0.1, 0.15) is 41.2 Å². The van der Waals surface area contributed by atoms with Crippen LogP contribution in [0.3, 0.4) is 0 Å². The third kappa shape index (κ3) is 4.42. The van der Waals surface area contributed by atoms with Crippen molar-refractivity contribution in [3.8, 4) is 22.6 Å². The van der Waals surface area contributed by atoms with Crippen molar-refractivity contribution < 1.29 is 23.8 Å². The van der Waals surface area contributed by atoms with E-state index >= 15 is 0 Å². The van der Waals surface area contributed by atoms with Crippen LogP contribution in [0.25, 0.3) is 33.5 Å². The molecule has 0 spiro atoms. The number of anilines is 1. The van der Waals surface area contributed by atoms with E-state index in [0.29, 0.717) is 44.8 Å². The molecule has 45 heavy (non-hydrogen) atoms. The maximum Gasteiger partial charge on any atom is 0.343 e. The number of hydrogen-bond donors (Lipinski definition) is 3. The van der Waals surface area contributed by atoms with Gasteiger partial charge in [0.25, 0.3) is 5.56 Å². The van der Waals surface area contributed by atoms with Crippen LogP contribution >= 0.6 is 0 Å². The number of carbonyl (C=O) groups excluding carboxylic acids is 2. The summed E-state index contributed by atoms with van der Waals surface area (Å²) < 4.78 is 23.2. The zero-order valence-corrected chi connectivity index (χ0v) is 24.4. The molecule has 0 saturated heterocycles. The Hall–Kier alpha value is -5.27. The predicted molar refractivity (Wildman–Crippen MR) is 161 cm³/mol. The minimum atomic E-state index is -1.97. The largest absolute Gasteiger partial charge is 0.458 e. The Balaban J connectivity index is 1.37. The van der Waals surface area contributed by atoms with Crippen LogP contribution in [-0.4, -0.2) is 48.1 Å². The summed E-state index contributed by atoms with van der Waals surface area (Å²) in [7, 11) is 0. The average molecular weight is 610 g/mol. The zero-order chi connectivity index (χ0) is 31.6. The van der Waals surface area contributed by atoms with Gasteiger partial charge in [0.15, 0.2) is 5.60 Å². The molecule has 4 N–H and O–H groups in total. The van der Waals surface area contributed by atoms with Crippen molar-refractivity contribution in [2.75, 3.05) is 11.9 Å². The SMILES string of the molecule is CC[C@@]1(O)C(=O)OCc2c1cc1n(c2=O)Cc2c-1nc1cc(F)c(C)cc1c2Cn1cc(-c2ccccc2NC(=O)CN)nn1. The molecule has 12 nitrogen and oxygen atoms in total. The number of aromatic nitrogens is 5. The lowest BCUT2D eigenvalue weighted by Gasteiger charge is -2.31. The Morgan fingerprint density at radius 3 is 2.78 bits per heavy atom. The van der Waals surface area contributed by atoms with Crippen LogP contribution in [0.2, 0.25) is 0 Å². The second-order valence-corrected chi connectivity index (χ2v) is 11.2. The van der Waals surface area contributed by atoms with Crippen LogP contribution in [0.4, 0.5) is 10.1 Å². The summed E-state index contributed by atoms with van der Waals surface area (Å²) >= 11 is 0. The van der Waals surface area contributed by atoms with Gasteiger partial charge in [-0.25, -0.2) is 18.9 Å². The smallest absolute Gasteiger partial charge is 0.343 e. The van der Waals surface area contributed by atoms with Gasteiger partial charge in [0, 0.05) is 28.1 Å². The number of cyclic esters (lactones) is 1. The summed E-state index contributed by atoms with van der Waals surface area (Å²) in [6.07, 6.45) is 1.75. The quantitative estimate of drug-likeness (QED) is 0.241. The third-order valence-electron chi connectivity index (χ3n) is 8.61. The number of fused-ring (bicyclic) bond motifs is 5. The van der Waals surface area contributed by atoms with Crippen molar-refractivity contribution in [3.63, 3.8) is 0 Å². The van der Waals surface area contributed by atoms with Gasteiger partial charge < -0.3 is 25.5 Å². The molecule has 7 rings (SSSR count). The molecule has 0 fully saturated rings. The van der Waals surface area contributed by atoms with Gasteiger partial charge in [-0.1, -0.05) is 30.3 Å². The van der Waals surface area contributed by atoms with E-state index < -0.39 is 22.9 Å². The number of amides is 1. The molecule has 1 amide bonds. The highest BCUT2D eigenvalue weighted by molar-refractivity contribution is 5.96. The summed E-state index contributed by atoms with van der Waals surface area (Å²) in [5.41, 5.74) is 8.41.